The molecule has 2 aliphatic rings. The molecule has 5 heteroatoms. The van der Waals surface area contributed by atoms with E-state index in [0.717, 1.165) is 18.4 Å². The second-order valence-electron chi connectivity index (χ2n) is 7.14. The predicted molar refractivity (Wildman–Crippen MR) is 94.1 cm³/mol. The van der Waals surface area contributed by atoms with Crippen LogP contribution in [0.2, 0.25) is 5.02 Å². The molecule has 132 valence electrons. The first kappa shape index (κ1) is 17.6. The summed E-state index contributed by atoms with van der Waals surface area (Å²) in [5, 5.41) is 13.1. The standard InChI is InChI=1S/C19H26ClNO3/c1-12(22)21-15-10-18(13-5-3-2-4-6-13)24-19(11-15)14-7-8-17(23)16(20)9-14/h7-9,13,15,18-19,23H,2-6,10-11H2,1H3,(H,21,22)/t15-,18-,19+/m0/s1. The van der Waals surface area contributed by atoms with Crippen LogP contribution in [0.3, 0.4) is 0 Å². The van der Waals surface area contributed by atoms with Crippen molar-refractivity contribution in [2.75, 3.05) is 0 Å². The van der Waals surface area contributed by atoms with Crippen molar-refractivity contribution in [3.05, 3.63) is 28.8 Å². The van der Waals surface area contributed by atoms with Crippen molar-refractivity contribution in [2.24, 2.45) is 5.92 Å². The van der Waals surface area contributed by atoms with Crippen molar-refractivity contribution >= 4 is 17.5 Å². The van der Waals surface area contributed by atoms with Crippen LogP contribution >= 0.6 is 11.6 Å². The molecule has 0 bridgehead atoms. The Morgan fingerprint density at radius 1 is 1.25 bits per heavy atom. The summed E-state index contributed by atoms with van der Waals surface area (Å²) in [6.45, 7) is 1.57. The Morgan fingerprint density at radius 2 is 2.00 bits per heavy atom. The largest absolute Gasteiger partial charge is 0.506 e. The van der Waals surface area contributed by atoms with Gasteiger partial charge in [-0.25, -0.2) is 0 Å². The van der Waals surface area contributed by atoms with Gasteiger partial charge in [-0.1, -0.05) is 36.9 Å². The number of amides is 1. The van der Waals surface area contributed by atoms with E-state index in [-0.39, 0.29) is 29.9 Å². The lowest BCUT2D eigenvalue weighted by molar-refractivity contribution is -0.124. The molecule has 1 saturated carbocycles. The van der Waals surface area contributed by atoms with Crippen molar-refractivity contribution in [2.45, 2.75) is 70.1 Å². The van der Waals surface area contributed by atoms with Crippen LogP contribution < -0.4 is 5.32 Å². The van der Waals surface area contributed by atoms with Crippen LogP contribution in [0.1, 0.15) is 63.5 Å². The fraction of sp³-hybridized carbons (Fsp3) is 0.632. The maximum Gasteiger partial charge on any atom is 0.217 e. The van der Waals surface area contributed by atoms with Crippen LogP contribution in [0.5, 0.6) is 5.75 Å². The van der Waals surface area contributed by atoms with Crippen molar-refractivity contribution in [3.63, 3.8) is 0 Å². The van der Waals surface area contributed by atoms with E-state index in [1.165, 1.54) is 32.1 Å². The number of hydrogen-bond donors (Lipinski definition) is 2. The lowest BCUT2D eigenvalue weighted by atomic mass is 9.80. The van der Waals surface area contributed by atoms with Gasteiger partial charge < -0.3 is 15.2 Å². The first-order valence-corrected chi connectivity index (χ1v) is 9.31. The van der Waals surface area contributed by atoms with Crippen molar-refractivity contribution in [3.8, 4) is 5.75 Å². The van der Waals surface area contributed by atoms with Gasteiger partial charge in [-0.05, 0) is 49.3 Å². The summed E-state index contributed by atoms with van der Waals surface area (Å²) in [7, 11) is 0. The molecule has 2 N–H and O–H groups in total. The van der Waals surface area contributed by atoms with Crippen LogP contribution in [0, 0.1) is 5.92 Å². The Kier molecular flexibility index (Phi) is 5.67. The highest BCUT2D eigenvalue weighted by Gasteiger charge is 2.35. The minimum absolute atomic E-state index is 0.00628. The van der Waals surface area contributed by atoms with E-state index in [4.69, 9.17) is 16.3 Å². The Bertz CT molecular complexity index is 586. The highest BCUT2D eigenvalue weighted by Crippen LogP contribution is 2.40. The van der Waals surface area contributed by atoms with E-state index >= 15 is 0 Å². The summed E-state index contributed by atoms with van der Waals surface area (Å²) in [6, 6.07) is 5.37. The molecule has 0 radical (unpaired) electrons. The summed E-state index contributed by atoms with van der Waals surface area (Å²) < 4.78 is 6.43. The smallest absolute Gasteiger partial charge is 0.217 e. The molecule has 1 saturated heterocycles. The van der Waals surface area contributed by atoms with Gasteiger partial charge in [0.15, 0.2) is 0 Å². The molecule has 4 nitrogen and oxygen atoms in total. The highest BCUT2D eigenvalue weighted by molar-refractivity contribution is 6.32. The molecule has 1 aromatic carbocycles. The average Bonchev–Trinajstić information content (AvgIpc) is 2.57. The molecular weight excluding hydrogens is 326 g/mol. The Balaban J connectivity index is 1.78. The van der Waals surface area contributed by atoms with E-state index in [1.807, 2.05) is 6.07 Å². The summed E-state index contributed by atoms with van der Waals surface area (Å²) in [5.74, 6) is 0.663. The number of ether oxygens (including phenoxy) is 1. The van der Waals surface area contributed by atoms with E-state index < -0.39 is 0 Å². The number of phenolic OH excluding ortho intramolecular Hbond substituents is 1. The third-order valence-corrected chi connectivity index (χ3v) is 5.58. The van der Waals surface area contributed by atoms with Gasteiger partial charge in [0.2, 0.25) is 5.91 Å². The summed E-state index contributed by atoms with van der Waals surface area (Å²) in [6.07, 6.45) is 7.97. The Hall–Kier alpha value is -1.26. The lowest BCUT2D eigenvalue weighted by Crippen LogP contribution is -2.44. The van der Waals surface area contributed by atoms with Gasteiger partial charge in [0.05, 0.1) is 17.2 Å². The first-order chi connectivity index (χ1) is 11.5. The minimum atomic E-state index is -0.0966. The van der Waals surface area contributed by atoms with Gasteiger partial charge in [-0.2, -0.15) is 0 Å². The molecule has 1 amide bonds. The number of halogens is 1. The topological polar surface area (TPSA) is 58.6 Å². The second-order valence-corrected chi connectivity index (χ2v) is 7.55. The Morgan fingerprint density at radius 3 is 2.67 bits per heavy atom. The SMILES string of the molecule is CC(=O)N[C@H]1C[C@@H](C2CCCCC2)O[C@@H](c2ccc(O)c(Cl)c2)C1. The van der Waals surface area contributed by atoms with Gasteiger partial charge in [-0.3, -0.25) is 4.79 Å². The maximum absolute atomic E-state index is 11.5. The lowest BCUT2D eigenvalue weighted by Gasteiger charge is -2.40. The third kappa shape index (κ3) is 4.22. The van der Waals surface area contributed by atoms with E-state index in [1.54, 1.807) is 19.1 Å². The minimum Gasteiger partial charge on any atom is -0.506 e. The zero-order valence-corrected chi connectivity index (χ0v) is 14.9. The van der Waals surface area contributed by atoms with Gasteiger partial charge in [0.1, 0.15) is 5.75 Å². The summed E-state index contributed by atoms with van der Waals surface area (Å²) >= 11 is 6.06. The van der Waals surface area contributed by atoms with Crippen molar-refractivity contribution in [1.82, 2.24) is 5.32 Å². The molecule has 3 rings (SSSR count). The number of rotatable bonds is 3. The normalized spacial score (nSPS) is 28.5. The predicted octanol–water partition coefficient (Wildman–Crippen LogP) is 4.35. The molecule has 1 aliphatic carbocycles. The second kappa shape index (κ2) is 7.75. The van der Waals surface area contributed by atoms with Crippen LogP contribution in [0.4, 0.5) is 0 Å². The van der Waals surface area contributed by atoms with Crippen molar-refractivity contribution in [1.29, 1.82) is 0 Å². The van der Waals surface area contributed by atoms with Crippen LogP contribution in [-0.2, 0) is 9.53 Å². The summed E-state index contributed by atoms with van der Waals surface area (Å²) in [4.78, 5) is 11.5. The van der Waals surface area contributed by atoms with Gasteiger partial charge in [0, 0.05) is 13.0 Å². The fourth-order valence-electron chi connectivity index (χ4n) is 4.11. The number of benzene rings is 1. The zero-order valence-electron chi connectivity index (χ0n) is 14.1. The molecule has 0 spiro atoms. The molecule has 1 heterocycles. The molecule has 3 atom stereocenters. The quantitative estimate of drug-likeness (QED) is 0.851. The first-order valence-electron chi connectivity index (χ1n) is 8.94. The third-order valence-electron chi connectivity index (χ3n) is 5.28. The van der Waals surface area contributed by atoms with Crippen LogP contribution in [0.15, 0.2) is 18.2 Å². The van der Waals surface area contributed by atoms with E-state index in [2.05, 4.69) is 5.32 Å². The average molecular weight is 352 g/mol. The van der Waals surface area contributed by atoms with Crippen LogP contribution in [-0.4, -0.2) is 23.2 Å². The van der Waals surface area contributed by atoms with E-state index in [9.17, 15) is 9.90 Å². The maximum atomic E-state index is 11.5. The fourth-order valence-corrected chi connectivity index (χ4v) is 4.30. The zero-order chi connectivity index (χ0) is 17.1. The van der Waals surface area contributed by atoms with E-state index in [0.29, 0.717) is 10.9 Å². The highest BCUT2D eigenvalue weighted by atomic mass is 35.5. The molecule has 1 aromatic rings. The molecule has 24 heavy (non-hydrogen) atoms. The number of carbonyl (C=O) groups excluding carboxylic acids is 1. The Labute approximate surface area is 148 Å². The number of carbonyl (C=O) groups is 1. The van der Waals surface area contributed by atoms with Gasteiger partial charge in [0.25, 0.3) is 0 Å². The number of hydrogen-bond acceptors (Lipinski definition) is 3. The van der Waals surface area contributed by atoms with Crippen molar-refractivity contribution < 1.29 is 14.6 Å². The number of aromatic hydroxyl groups is 1. The summed E-state index contributed by atoms with van der Waals surface area (Å²) in [5.41, 5.74) is 0.966. The molecule has 0 aromatic heterocycles. The van der Waals surface area contributed by atoms with Gasteiger partial charge in [-0.15, -0.1) is 0 Å². The molecule has 2 fully saturated rings. The number of phenols is 1. The monoisotopic (exact) mass is 351 g/mol. The molecule has 0 unspecified atom stereocenters. The van der Waals surface area contributed by atoms with Gasteiger partial charge >= 0.3 is 0 Å². The number of nitrogens with one attached hydrogen (secondary N) is 1. The molecule has 1 aliphatic heterocycles. The molecular formula is C19H26ClNO3. The van der Waals surface area contributed by atoms with Crippen LogP contribution in [0.25, 0.3) is 0 Å².